The van der Waals surface area contributed by atoms with E-state index in [1.807, 2.05) is 13.8 Å². The Labute approximate surface area is 100.0 Å². The van der Waals surface area contributed by atoms with Gasteiger partial charge in [-0.3, -0.25) is 9.59 Å². The van der Waals surface area contributed by atoms with E-state index in [1.165, 1.54) is 6.08 Å². The summed E-state index contributed by atoms with van der Waals surface area (Å²) in [5.41, 5.74) is 2.28. The van der Waals surface area contributed by atoms with Crippen molar-refractivity contribution in [1.29, 1.82) is 0 Å². The Bertz CT molecular complexity index is 442. The number of carboxylic acid groups (broad SMARTS) is 1. The number of hydrogen-bond acceptors (Lipinski definition) is 2. The molecule has 0 fully saturated rings. The van der Waals surface area contributed by atoms with Gasteiger partial charge in [-0.25, -0.2) is 0 Å². The first-order chi connectivity index (χ1) is 7.97. The van der Waals surface area contributed by atoms with Gasteiger partial charge < -0.3 is 10.4 Å². The van der Waals surface area contributed by atoms with Crippen LogP contribution >= 0.6 is 0 Å². The maximum Gasteiger partial charge on any atom is 0.307 e. The van der Waals surface area contributed by atoms with Gasteiger partial charge in [0.2, 0.25) is 5.91 Å². The summed E-state index contributed by atoms with van der Waals surface area (Å²) in [7, 11) is 0. The first kappa shape index (κ1) is 13.0. The Morgan fingerprint density at radius 2 is 1.82 bits per heavy atom. The Kier molecular flexibility index (Phi) is 4.46. The van der Waals surface area contributed by atoms with Gasteiger partial charge in [0, 0.05) is 11.8 Å². The molecule has 0 bridgehead atoms. The van der Waals surface area contributed by atoms with Gasteiger partial charge in [0.25, 0.3) is 0 Å². The number of amides is 1. The summed E-state index contributed by atoms with van der Waals surface area (Å²) in [4.78, 5) is 21.9. The molecule has 0 aromatic heterocycles. The van der Waals surface area contributed by atoms with Gasteiger partial charge >= 0.3 is 5.97 Å². The number of carbonyl (C=O) groups is 2. The molecule has 2 N–H and O–H groups in total. The first-order valence-corrected chi connectivity index (χ1v) is 5.24. The Hall–Kier alpha value is -2.10. The molecule has 4 heteroatoms. The number of rotatable bonds is 4. The summed E-state index contributed by atoms with van der Waals surface area (Å²) in [5.74, 6) is -1.05. The molecule has 0 spiro atoms. The topological polar surface area (TPSA) is 66.4 Å². The maximum atomic E-state index is 11.4. The van der Waals surface area contributed by atoms with Gasteiger partial charge in [-0.2, -0.15) is 0 Å². The normalized spacial score (nSPS) is 9.53. The molecule has 0 atom stereocenters. The minimum atomic E-state index is -0.869. The molecule has 90 valence electrons. The van der Waals surface area contributed by atoms with Crippen LogP contribution in [0.15, 0.2) is 35.9 Å². The van der Waals surface area contributed by atoms with E-state index in [0.717, 1.165) is 5.57 Å². The number of carbonyl (C=O) groups excluding carboxylic acids is 1. The SMILES string of the molecule is CC(C)=CC(=O)Nc1ccc(CC(=O)O)cc1. The predicted molar refractivity (Wildman–Crippen MR) is 65.8 cm³/mol. The lowest BCUT2D eigenvalue weighted by molar-refractivity contribution is -0.136. The Morgan fingerprint density at radius 1 is 1.24 bits per heavy atom. The molecule has 4 nitrogen and oxygen atoms in total. The highest BCUT2D eigenvalue weighted by Crippen LogP contribution is 2.10. The smallest absolute Gasteiger partial charge is 0.307 e. The van der Waals surface area contributed by atoms with Crippen LogP contribution in [0.3, 0.4) is 0 Å². The van der Waals surface area contributed by atoms with Crippen LogP contribution in [0.1, 0.15) is 19.4 Å². The van der Waals surface area contributed by atoms with E-state index in [1.54, 1.807) is 24.3 Å². The van der Waals surface area contributed by atoms with Gasteiger partial charge in [0.05, 0.1) is 6.42 Å². The second-order valence-electron chi connectivity index (χ2n) is 3.98. The molecule has 1 aromatic rings. The Morgan fingerprint density at radius 3 is 2.29 bits per heavy atom. The van der Waals surface area contributed by atoms with E-state index in [9.17, 15) is 9.59 Å². The third-order valence-electron chi connectivity index (χ3n) is 2.00. The van der Waals surface area contributed by atoms with Crippen molar-refractivity contribution in [3.63, 3.8) is 0 Å². The van der Waals surface area contributed by atoms with E-state index < -0.39 is 5.97 Å². The monoisotopic (exact) mass is 233 g/mol. The summed E-state index contributed by atoms with van der Waals surface area (Å²) in [6.45, 7) is 3.69. The van der Waals surface area contributed by atoms with E-state index in [4.69, 9.17) is 5.11 Å². The molecule has 0 saturated carbocycles. The summed E-state index contributed by atoms with van der Waals surface area (Å²) in [6, 6.07) is 6.75. The molecular formula is C13H15NO3. The lowest BCUT2D eigenvalue weighted by Gasteiger charge is -2.03. The molecule has 0 radical (unpaired) electrons. The molecule has 0 aliphatic heterocycles. The van der Waals surface area contributed by atoms with Crippen molar-refractivity contribution in [3.05, 3.63) is 41.5 Å². The lowest BCUT2D eigenvalue weighted by atomic mass is 10.1. The van der Waals surface area contributed by atoms with Gasteiger partial charge in [0.15, 0.2) is 0 Å². The van der Waals surface area contributed by atoms with Crippen molar-refractivity contribution < 1.29 is 14.7 Å². The fraction of sp³-hybridized carbons (Fsp3) is 0.231. The van der Waals surface area contributed by atoms with Crippen molar-refractivity contribution in [2.75, 3.05) is 5.32 Å². The van der Waals surface area contributed by atoms with Crippen molar-refractivity contribution in [2.24, 2.45) is 0 Å². The minimum Gasteiger partial charge on any atom is -0.481 e. The van der Waals surface area contributed by atoms with E-state index in [-0.39, 0.29) is 12.3 Å². The average Bonchev–Trinajstić information content (AvgIpc) is 2.18. The van der Waals surface area contributed by atoms with Crippen molar-refractivity contribution in [1.82, 2.24) is 0 Å². The molecule has 0 heterocycles. The third-order valence-corrected chi connectivity index (χ3v) is 2.00. The highest BCUT2D eigenvalue weighted by Gasteiger charge is 2.01. The molecule has 1 aromatic carbocycles. The highest BCUT2D eigenvalue weighted by molar-refractivity contribution is 5.99. The molecule has 1 rings (SSSR count). The fourth-order valence-corrected chi connectivity index (χ4v) is 1.32. The largest absolute Gasteiger partial charge is 0.481 e. The van der Waals surface area contributed by atoms with Crippen LogP contribution in [0.25, 0.3) is 0 Å². The van der Waals surface area contributed by atoms with E-state index in [2.05, 4.69) is 5.32 Å². The molecule has 17 heavy (non-hydrogen) atoms. The number of nitrogens with one attached hydrogen (secondary N) is 1. The highest BCUT2D eigenvalue weighted by atomic mass is 16.4. The number of carboxylic acids is 1. The van der Waals surface area contributed by atoms with E-state index in [0.29, 0.717) is 11.3 Å². The third kappa shape index (κ3) is 4.97. The maximum absolute atomic E-state index is 11.4. The number of anilines is 1. The van der Waals surface area contributed by atoms with Crippen molar-refractivity contribution >= 4 is 17.6 Å². The summed E-state index contributed by atoms with van der Waals surface area (Å²) >= 11 is 0. The molecule has 1 amide bonds. The zero-order chi connectivity index (χ0) is 12.8. The number of allylic oxidation sites excluding steroid dienone is 1. The van der Waals surface area contributed by atoms with Crippen LogP contribution < -0.4 is 5.32 Å². The predicted octanol–water partition coefficient (Wildman–Crippen LogP) is 2.22. The number of benzene rings is 1. The van der Waals surface area contributed by atoms with Crippen molar-refractivity contribution in [3.8, 4) is 0 Å². The number of aliphatic carboxylic acids is 1. The van der Waals surface area contributed by atoms with Gasteiger partial charge in [-0.05, 0) is 31.5 Å². The van der Waals surface area contributed by atoms with Gasteiger partial charge in [0.1, 0.15) is 0 Å². The van der Waals surface area contributed by atoms with Gasteiger partial charge in [-0.1, -0.05) is 17.7 Å². The van der Waals surface area contributed by atoms with Crippen molar-refractivity contribution in [2.45, 2.75) is 20.3 Å². The number of hydrogen-bond donors (Lipinski definition) is 2. The van der Waals surface area contributed by atoms with Crippen LogP contribution in [-0.4, -0.2) is 17.0 Å². The standard InChI is InChI=1S/C13H15NO3/c1-9(2)7-12(15)14-11-5-3-10(4-6-11)8-13(16)17/h3-7H,8H2,1-2H3,(H,14,15)(H,16,17). The molecular weight excluding hydrogens is 218 g/mol. The molecule has 0 aliphatic rings. The average molecular weight is 233 g/mol. The zero-order valence-corrected chi connectivity index (χ0v) is 9.86. The van der Waals surface area contributed by atoms with Crippen LogP contribution in [-0.2, 0) is 16.0 Å². The Balaban J connectivity index is 2.65. The molecule has 0 unspecified atom stereocenters. The minimum absolute atomic E-state index is 0.0117. The second kappa shape index (κ2) is 5.84. The van der Waals surface area contributed by atoms with Crippen LogP contribution in [0.2, 0.25) is 0 Å². The van der Waals surface area contributed by atoms with Crippen LogP contribution in [0, 0.1) is 0 Å². The second-order valence-corrected chi connectivity index (χ2v) is 3.98. The van der Waals surface area contributed by atoms with Crippen LogP contribution in [0.5, 0.6) is 0 Å². The van der Waals surface area contributed by atoms with Gasteiger partial charge in [-0.15, -0.1) is 0 Å². The first-order valence-electron chi connectivity index (χ1n) is 5.24. The molecule has 0 saturated heterocycles. The summed E-state index contributed by atoms with van der Waals surface area (Å²) in [5, 5.41) is 11.3. The zero-order valence-electron chi connectivity index (χ0n) is 9.86. The fourth-order valence-electron chi connectivity index (χ4n) is 1.32. The lowest BCUT2D eigenvalue weighted by Crippen LogP contribution is -2.08. The quantitative estimate of drug-likeness (QED) is 0.783. The van der Waals surface area contributed by atoms with E-state index >= 15 is 0 Å². The molecule has 0 aliphatic carbocycles. The van der Waals surface area contributed by atoms with Crippen LogP contribution in [0.4, 0.5) is 5.69 Å². The summed E-state index contributed by atoms with van der Waals surface area (Å²) in [6.07, 6.45) is 1.49. The summed E-state index contributed by atoms with van der Waals surface area (Å²) < 4.78 is 0.